The van der Waals surface area contributed by atoms with Gasteiger partial charge in [0.25, 0.3) is 0 Å². The lowest BCUT2D eigenvalue weighted by Gasteiger charge is -2.70. The first kappa shape index (κ1) is 25.9. The summed E-state index contributed by atoms with van der Waals surface area (Å²) in [6.45, 7) is 5.02. The van der Waals surface area contributed by atoms with Crippen molar-refractivity contribution in [1.29, 1.82) is 0 Å². The van der Waals surface area contributed by atoms with Crippen LogP contribution in [0, 0.1) is 17.3 Å². The van der Waals surface area contributed by atoms with Gasteiger partial charge in [0.1, 0.15) is 11.7 Å². The van der Waals surface area contributed by atoms with Crippen LogP contribution in [0.1, 0.15) is 95.1 Å². The van der Waals surface area contributed by atoms with E-state index in [-0.39, 0.29) is 23.1 Å². The predicted molar refractivity (Wildman–Crippen MR) is 151 cm³/mol. The summed E-state index contributed by atoms with van der Waals surface area (Å²) in [5.41, 5.74) is 0.324. The second-order valence-corrected chi connectivity index (χ2v) is 13.6. The van der Waals surface area contributed by atoms with E-state index >= 15 is 0 Å². The number of unbranched alkanes of at least 4 members (excludes halogenated alkanes) is 7. The molecule has 5 aliphatic carbocycles. The molecule has 212 valence electrons. The normalized spacial score (nSPS) is 37.0. The maximum Gasteiger partial charge on any atom is 0.226 e. The molecule has 6 heteroatoms. The molecule has 8 rings (SSSR count). The number of likely N-dealkylation sites (tertiary alicyclic amines) is 1. The number of nitrogens with zero attached hydrogens (tertiary/aromatic N) is 1. The van der Waals surface area contributed by atoms with Crippen molar-refractivity contribution in [2.75, 3.05) is 19.6 Å². The van der Waals surface area contributed by atoms with Crippen LogP contribution in [-0.4, -0.2) is 58.4 Å². The van der Waals surface area contributed by atoms with Crippen LogP contribution >= 0.6 is 0 Å². The van der Waals surface area contributed by atoms with Gasteiger partial charge in [-0.15, -0.1) is 0 Å². The number of piperidine rings is 1. The number of fused-ring (bicyclic) bond motifs is 1. The highest BCUT2D eigenvalue weighted by atomic mass is 16.5. The SMILES string of the molecule is CCCCCCCCCCNC(=O)[C@H]1C[C@@]23C=C[C@@]1(O)[C@@H]1Oc4c(O)ccc5c4[C@@]12CCN(CC1CC1)[C@H]3C5. The smallest absolute Gasteiger partial charge is 0.226 e. The van der Waals surface area contributed by atoms with Gasteiger partial charge in [0, 0.05) is 30.1 Å². The zero-order valence-electron chi connectivity index (χ0n) is 23.6. The number of amides is 1. The molecule has 0 radical (unpaired) electrons. The Morgan fingerprint density at radius 3 is 2.64 bits per heavy atom. The van der Waals surface area contributed by atoms with Gasteiger partial charge in [-0.25, -0.2) is 0 Å². The molecular weight excluding hydrogens is 488 g/mol. The Balaban J connectivity index is 1.13. The molecule has 1 aromatic rings. The van der Waals surface area contributed by atoms with Gasteiger partial charge in [0.2, 0.25) is 5.91 Å². The first-order valence-electron chi connectivity index (χ1n) is 15.9. The van der Waals surface area contributed by atoms with Crippen LogP contribution < -0.4 is 10.1 Å². The van der Waals surface area contributed by atoms with Crippen molar-refractivity contribution in [3.8, 4) is 11.5 Å². The third-order valence-corrected chi connectivity index (χ3v) is 11.4. The first-order valence-corrected chi connectivity index (χ1v) is 15.9. The number of ether oxygens (including phenoxy) is 1. The van der Waals surface area contributed by atoms with Gasteiger partial charge in [-0.2, -0.15) is 0 Å². The Kier molecular flexibility index (Phi) is 6.31. The molecule has 0 unspecified atom stereocenters. The largest absolute Gasteiger partial charge is 0.504 e. The summed E-state index contributed by atoms with van der Waals surface area (Å²) in [5, 5.41) is 26.4. The van der Waals surface area contributed by atoms with Crippen LogP contribution in [0.25, 0.3) is 0 Å². The van der Waals surface area contributed by atoms with Gasteiger partial charge in [-0.05, 0) is 62.6 Å². The quantitative estimate of drug-likeness (QED) is 0.260. The fourth-order valence-corrected chi connectivity index (χ4v) is 9.38. The molecule has 2 aliphatic heterocycles. The predicted octanol–water partition coefficient (Wildman–Crippen LogP) is 5.00. The summed E-state index contributed by atoms with van der Waals surface area (Å²) in [5.74, 6) is 0.918. The zero-order valence-corrected chi connectivity index (χ0v) is 23.6. The average molecular weight is 535 g/mol. The van der Waals surface area contributed by atoms with Crippen molar-refractivity contribution in [1.82, 2.24) is 10.2 Å². The molecule has 2 spiro atoms. The Morgan fingerprint density at radius 2 is 1.87 bits per heavy atom. The number of hydrogen-bond donors (Lipinski definition) is 3. The lowest BCUT2D eigenvalue weighted by molar-refractivity contribution is -0.206. The second-order valence-electron chi connectivity index (χ2n) is 13.6. The summed E-state index contributed by atoms with van der Waals surface area (Å²) in [6, 6.07) is 4.12. The van der Waals surface area contributed by atoms with E-state index in [1.807, 2.05) is 6.08 Å². The van der Waals surface area contributed by atoms with Gasteiger partial charge in [-0.1, -0.05) is 70.1 Å². The minimum Gasteiger partial charge on any atom is -0.504 e. The molecule has 7 aliphatic rings. The summed E-state index contributed by atoms with van der Waals surface area (Å²) >= 11 is 0. The molecule has 2 saturated carbocycles. The Bertz CT molecular complexity index is 1160. The van der Waals surface area contributed by atoms with Gasteiger partial charge in [0.15, 0.2) is 11.5 Å². The van der Waals surface area contributed by atoms with Gasteiger partial charge in [-0.3, -0.25) is 9.69 Å². The van der Waals surface area contributed by atoms with E-state index in [1.165, 1.54) is 56.9 Å². The van der Waals surface area contributed by atoms with Crippen LogP contribution in [0.5, 0.6) is 11.5 Å². The number of phenols is 1. The van der Waals surface area contributed by atoms with Gasteiger partial charge < -0.3 is 20.3 Å². The Labute approximate surface area is 233 Å². The highest BCUT2D eigenvalue weighted by Gasteiger charge is 2.79. The monoisotopic (exact) mass is 534 g/mol. The molecule has 1 saturated heterocycles. The van der Waals surface area contributed by atoms with Crippen molar-refractivity contribution < 1.29 is 19.7 Å². The molecule has 1 aromatic carbocycles. The van der Waals surface area contributed by atoms with Crippen LogP contribution in [0.3, 0.4) is 0 Å². The van der Waals surface area contributed by atoms with Crippen LogP contribution in [0.4, 0.5) is 0 Å². The third-order valence-electron chi connectivity index (χ3n) is 11.4. The summed E-state index contributed by atoms with van der Waals surface area (Å²) in [7, 11) is 0. The lowest BCUT2D eigenvalue weighted by atomic mass is 9.37. The fraction of sp³-hybridized carbons (Fsp3) is 0.727. The van der Waals surface area contributed by atoms with Crippen LogP contribution in [-0.2, 0) is 16.6 Å². The van der Waals surface area contributed by atoms with Gasteiger partial charge >= 0.3 is 0 Å². The Hall–Kier alpha value is -2.05. The fourth-order valence-electron chi connectivity index (χ4n) is 9.38. The zero-order chi connectivity index (χ0) is 26.8. The topological polar surface area (TPSA) is 82.0 Å². The standard InChI is InChI=1S/C33H46N2O4/c1-2-3-4-5-6-7-8-9-17-34-29(37)24-20-31-14-15-33(24,38)30-32(31)16-18-35(21-22-10-11-22)26(31)19-23-12-13-25(36)28(39-30)27(23)32/h12-15,22,24,26,30,36,38H,2-11,16-21H2,1H3,(H,34,37)/t24-,26+,30-,31-,32+,33+/m1/s1. The molecule has 0 aromatic heterocycles. The lowest BCUT2D eigenvalue weighted by Crippen LogP contribution is -2.80. The maximum atomic E-state index is 13.8. The van der Waals surface area contributed by atoms with Crippen molar-refractivity contribution in [3.63, 3.8) is 0 Å². The summed E-state index contributed by atoms with van der Waals surface area (Å²) < 4.78 is 6.60. The molecule has 39 heavy (non-hydrogen) atoms. The molecular formula is C33H46N2O4. The van der Waals surface area contributed by atoms with E-state index in [4.69, 9.17) is 4.74 Å². The number of carbonyl (C=O) groups excluding carboxylic acids is 1. The molecule has 6 atom stereocenters. The molecule has 6 nitrogen and oxygen atoms in total. The number of benzene rings is 1. The van der Waals surface area contributed by atoms with Gasteiger partial charge in [0.05, 0.1) is 11.3 Å². The Morgan fingerprint density at radius 1 is 1.10 bits per heavy atom. The molecule has 3 fully saturated rings. The number of hydrogen-bond acceptors (Lipinski definition) is 5. The van der Waals surface area contributed by atoms with E-state index < -0.39 is 23.0 Å². The first-order chi connectivity index (χ1) is 18.9. The van der Waals surface area contributed by atoms with E-state index in [2.05, 4.69) is 29.3 Å². The van der Waals surface area contributed by atoms with E-state index in [0.29, 0.717) is 18.7 Å². The molecule has 3 N–H and O–H groups in total. The molecule has 1 amide bonds. The highest BCUT2D eigenvalue weighted by molar-refractivity contribution is 5.82. The third kappa shape index (κ3) is 3.69. The van der Waals surface area contributed by atoms with Crippen molar-refractivity contribution >= 4 is 5.91 Å². The molecule has 4 bridgehead atoms. The van der Waals surface area contributed by atoms with E-state index in [9.17, 15) is 15.0 Å². The number of phenolic OH excluding ortho intramolecular Hbond substituents is 1. The van der Waals surface area contributed by atoms with Crippen LogP contribution in [0.2, 0.25) is 0 Å². The minimum atomic E-state index is -1.38. The highest BCUT2D eigenvalue weighted by Crippen LogP contribution is 2.74. The number of aliphatic hydroxyl groups is 1. The minimum absolute atomic E-state index is 0.0413. The summed E-state index contributed by atoms with van der Waals surface area (Å²) in [4.78, 5) is 16.5. The number of rotatable bonds is 12. The van der Waals surface area contributed by atoms with E-state index in [1.54, 1.807) is 6.07 Å². The summed E-state index contributed by atoms with van der Waals surface area (Å²) in [6.07, 6.45) is 18.6. The number of carbonyl (C=O) groups is 1. The average Bonchev–Trinajstić information content (AvgIpc) is 3.67. The maximum absolute atomic E-state index is 13.8. The van der Waals surface area contributed by atoms with Crippen molar-refractivity contribution in [2.45, 2.75) is 114 Å². The number of aromatic hydroxyl groups is 1. The van der Waals surface area contributed by atoms with Crippen LogP contribution in [0.15, 0.2) is 24.3 Å². The van der Waals surface area contributed by atoms with E-state index in [0.717, 1.165) is 50.3 Å². The second kappa shape index (κ2) is 9.51. The molecule has 2 heterocycles. The number of nitrogens with one attached hydrogen (secondary N) is 1. The van der Waals surface area contributed by atoms with Crippen molar-refractivity contribution in [3.05, 3.63) is 35.4 Å². The van der Waals surface area contributed by atoms with Crippen molar-refractivity contribution in [2.24, 2.45) is 17.3 Å².